The number of halogens is 1. The highest BCUT2D eigenvalue weighted by molar-refractivity contribution is 9.10. The van der Waals surface area contributed by atoms with Crippen LogP contribution in [0, 0.1) is 0 Å². The average Bonchev–Trinajstić information content (AvgIpc) is 2.39. The molecule has 1 aliphatic rings. The standard InChI is InChI=1S/C15H23BrN2O/c1-15(2,18-6-4-3-5-7-18)14(19)9-12-8-13(16)11-17-10-12/h8,10-11,14,19H,3-7,9H2,1-2H3. The summed E-state index contributed by atoms with van der Waals surface area (Å²) in [5, 5.41) is 10.6. The van der Waals surface area contributed by atoms with Crippen molar-refractivity contribution in [3.63, 3.8) is 0 Å². The fraction of sp³-hybridized carbons (Fsp3) is 0.667. The topological polar surface area (TPSA) is 36.4 Å². The third kappa shape index (κ3) is 3.77. The maximum Gasteiger partial charge on any atom is 0.0759 e. The number of hydrogen-bond acceptors (Lipinski definition) is 3. The van der Waals surface area contributed by atoms with E-state index in [9.17, 15) is 5.11 Å². The van der Waals surface area contributed by atoms with Crippen molar-refractivity contribution in [2.45, 2.75) is 51.2 Å². The molecule has 0 radical (unpaired) electrons. The lowest BCUT2D eigenvalue weighted by molar-refractivity contribution is -0.0187. The number of likely N-dealkylation sites (tertiary alicyclic amines) is 1. The molecule has 1 aromatic rings. The minimum atomic E-state index is -0.373. The van der Waals surface area contributed by atoms with Crippen molar-refractivity contribution in [2.24, 2.45) is 0 Å². The summed E-state index contributed by atoms with van der Waals surface area (Å²) in [6.07, 6.45) is 7.69. The van der Waals surface area contributed by atoms with E-state index in [1.165, 1.54) is 19.3 Å². The predicted molar refractivity (Wildman–Crippen MR) is 81.2 cm³/mol. The Labute approximate surface area is 124 Å². The summed E-state index contributed by atoms with van der Waals surface area (Å²) in [4.78, 5) is 6.58. The molecule has 2 rings (SSSR count). The van der Waals surface area contributed by atoms with Crippen molar-refractivity contribution < 1.29 is 5.11 Å². The van der Waals surface area contributed by atoms with Gasteiger partial charge in [0.15, 0.2) is 0 Å². The molecule has 1 unspecified atom stereocenters. The van der Waals surface area contributed by atoms with Crippen LogP contribution in [0.25, 0.3) is 0 Å². The van der Waals surface area contributed by atoms with E-state index in [0.29, 0.717) is 6.42 Å². The zero-order chi connectivity index (χ0) is 13.9. The van der Waals surface area contributed by atoms with Gasteiger partial charge in [-0.1, -0.05) is 6.42 Å². The third-order valence-electron chi connectivity index (χ3n) is 4.18. The summed E-state index contributed by atoms with van der Waals surface area (Å²) in [7, 11) is 0. The lowest BCUT2D eigenvalue weighted by Crippen LogP contribution is -2.54. The van der Waals surface area contributed by atoms with E-state index in [1.54, 1.807) is 6.20 Å². The molecule has 1 saturated heterocycles. The summed E-state index contributed by atoms with van der Waals surface area (Å²) in [5.74, 6) is 0. The van der Waals surface area contributed by atoms with Crippen molar-refractivity contribution >= 4 is 15.9 Å². The van der Waals surface area contributed by atoms with Crippen LogP contribution < -0.4 is 0 Å². The van der Waals surface area contributed by atoms with Gasteiger partial charge in [-0.05, 0) is 67.3 Å². The van der Waals surface area contributed by atoms with Gasteiger partial charge < -0.3 is 5.11 Å². The molecule has 19 heavy (non-hydrogen) atoms. The zero-order valence-electron chi connectivity index (χ0n) is 11.8. The Bertz CT molecular complexity index is 416. The molecule has 1 atom stereocenters. The summed E-state index contributed by atoms with van der Waals surface area (Å²) < 4.78 is 0.966. The molecular weight excluding hydrogens is 304 g/mol. The van der Waals surface area contributed by atoms with E-state index in [4.69, 9.17) is 0 Å². The number of rotatable bonds is 4. The van der Waals surface area contributed by atoms with Crippen molar-refractivity contribution in [3.8, 4) is 0 Å². The number of pyridine rings is 1. The quantitative estimate of drug-likeness (QED) is 0.923. The number of aromatic nitrogens is 1. The third-order valence-corrected chi connectivity index (χ3v) is 4.61. The predicted octanol–water partition coefficient (Wildman–Crippen LogP) is 3.01. The minimum absolute atomic E-state index is 0.178. The monoisotopic (exact) mass is 326 g/mol. The van der Waals surface area contributed by atoms with E-state index < -0.39 is 0 Å². The lowest BCUT2D eigenvalue weighted by Gasteiger charge is -2.44. The van der Waals surface area contributed by atoms with Gasteiger partial charge >= 0.3 is 0 Å². The van der Waals surface area contributed by atoms with Gasteiger partial charge in [-0.3, -0.25) is 9.88 Å². The first kappa shape index (κ1) is 14.9. The van der Waals surface area contributed by atoms with Gasteiger partial charge in [-0.15, -0.1) is 0 Å². The Morgan fingerprint density at radius 2 is 2.00 bits per heavy atom. The fourth-order valence-electron chi connectivity index (χ4n) is 2.72. The van der Waals surface area contributed by atoms with Gasteiger partial charge in [-0.25, -0.2) is 0 Å². The first-order valence-electron chi connectivity index (χ1n) is 7.02. The summed E-state index contributed by atoms with van der Waals surface area (Å²) in [5.41, 5.74) is 0.898. The molecule has 0 amide bonds. The van der Waals surface area contributed by atoms with Crippen LogP contribution in [0.3, 0.4) is 0 Å². The van der Waals surface area contributed by atoms with Crippen molar-refractivity contribution in [1.82, 2.24) is 9.88 Å². The average molecular weight is 327 g/mol. The Kier molecular flexibility index (Phi) is 4.98. The van der Waals surface area contributed by atoms with Crippen LogP contribution in [0.2, 0.25) is 0 Å². The molecule has 0 bridgehead atoms. The van der Waals surface area contributed by atoms with Gasteiger partial charge in [0.1, 0.15) is 0 Å². The van der Waals surface area contributed by atoms with Crippen molar-refractivity contribution in [2.75, 3.05) is 13.1 Å². The first-order chi connectivity index (χ1) is 9.00. The van der Waals surface area contributed by atoms with Gasteiger partial charge in [-0.2, -0.15) is 0 Å². The Balaban J connectivity index is 2.03. The second kappa shape index (κ2) is 6.33. The molecule has 1 aromatic heterocycles. The molecule has 2 heterocycles. The van der Waals surface area contributed by atoms with Crippen LogP contribution in [-0.4, -0.2) is 39.7 Å². The molecule has 3 nitrogen and oxygen atoms in total. The molecule has 1 fully saturated rings. The van der Waals surface area contributed by atoms with Crippen LogP contribution in [0.5, 0.6) is 0 Å². The highest BCUT2D eigenvalue weighted by Gasteiger charge is 2.34. The first-order valence-corrected chi connectivity index (χ1v) is 7.82. The van der Waals surface area contributed by atoms with Crippen LogP contribution in [0.15, 0.2) is 22.9 Å². The molecule has 0 aliphatic carbocycles. The minimum Gasteiger partial charge on any atom is -0.391 e. The second-order valence-corrected chi connectivity index (χ2v) is 6.85. The van der Waals surface area contributed by atoms with E-state index in [2.05, 4.69) is 39.7 Å². The Morgan fingerprint density at radius 1 is 1.32 bits per heavy atom. The summed E-state index contributed by atoms with van der Waals surface area (Å²) in [6, 6.07) is 2.03. The largest absolute Gasteiger partial charge is 0.391 e. The molecular formula is C15H23BrN2O. The molecule has 1 N–H and O–H groups in total. The van der Waals surface area contributed by atoms with Crippen LogP contribution in [0.4, 0.5) is 0 Å². The zero-order valence-corrected chi connectivity index (χ0v) is 13.4. The van der Waals surface area contributed by atoms with Crippen molar-refractivity contribution in [3.05, 3.63) is 28.5 Å². The molecule has 106 valence electrons. The van der Waals surface area contributed by atoms with Gasteiger partial charge in [0.2, 0.25) is 0 Å². The molecule has 4 heteroatoms. The normalized spacial score (nSPS) is 19.4. The Hall–Kier alpha value is -0.450. The number of aliphatic hydroxyl groups is 1. The summed E-state index contributed by atoms with van der Waals surface area (Å²) >= 11 is 3.42. The smallest absolute Gasteiger partial charge is 0.0759 e. The lowest BCUT2D eigenvalue weighted by atomic mass is 9.89. The molecule has 1 aliphatic heterocycles. The molecule has 0 saturated carbocycles. The number of nitrogens with zero attached hydrogens (tertiary/aromatic N) is 2. The van der Waals surface area contributed by atoms with E-state index in [0.717, 1.165) is 23.1 Å². The van der Waals surface area contributed by atoms with Gasteiger partial charge in [0.05, 0.1) is 6.10 Å². The molecule has 0 spiro atoms. The van der Waals surface area contributed by atoms with E-state index >= 15 is 0 Å². The van der Waals surface area contributed by atoms with Crippen LogP contribution >= 0.6 is 15.9 Å². The van der Waals surface area contributed by atoms with E-state index in [1.807, 2.05) is 12.3 Å². The maximum absolute atomic E-state index is 10.6. The Morgan fingerprint density at radius 3 is 2.63 bits per heavy atom. The van der Waals surface area contributed by atoms with Crippen LogP contribution in [0.1, 0.15) is 38.7 Å². The fourth-order valence-corrected chi connectivity index (χ4v) is 3.13. The van der Waals surface area contributed by atoms with Crippen molar-refractivity contribution in [1.29, 1.82) is 0 Å². The van der Waals surface area contributed by atoms with E-state index in [-0.39, 0.29) is 11.6 Å². The van der Waals surface area contributed by atoms with Gasteiger partial charge in [0, 0.05) is 28.8 Å². The highest BCUT2D eigenvalue weighted by atomic mass is 79.9. The number of aliphatic hydroxyl groups excluding tert-OH is 1. The van der Waals surface area contributed by atoms with Gasteiger partial charge in [0.25, 0.3) is 0 Å². The molecule has 0 aromatic carbocycles. The summed E-state index contributed by atoms with van der Waals surface area (Å²) in [6.45, 7) is 6.49. The number of piperidine rings is 1. The SMILES string of the molecule is CC(C)(C(O)Cc1cncc(Br)c1)N1CCCCC1. The second-order valence-electron chi connectivity index (χ2n) is 5.93. The highest BCUT2D eigenvalue weighted by Crippen LogP contribution is 2.26. The number of hydrogen-bond donors (Lipinski definition) is 1. The van der Waals surface area contributed by atoms with Crippen LogP contribution in [-0.2, 0) is 6.42 Å². The maximum atomic E-state index is 10.6.